The number of carbonyl (C=O) groups excluding carboxylic acids is 3. The number of rotatable bonds is 6. The quantitative estimate of drug-likeness (QED) is 0.737. The van der Waals surface area contributed by atoms with Crippen LogP contribution in [0.4, 0.5) is 0 Å². The van der Waals surface area contributed by atoms with Gasteiger partial charge in [-0.05, 0) is 38.1 Å². The summed E-state index contributed by atoms with van der Waals surface area (Å²) in [6.45, 7) is 3.92. The monoisotopic (exact) mass is 343 g/mol. The molecule has 0 saturated carbocycles. The van der Waals surface area contributed by atoms with E-state index in [4.69, 9.17) is 0 Å². The smallest absolute Gasteiger partial charge is 0.261 e. The second kappa shape index (κ2) is 7.78. The number of nitrogens with zero attached hydrogens (tertiary/aromatic N) is 3. The highest BCUT2D eigenvalue weighted by Gasteiger charge is 2.35. The zero-order chi connectivity index (χ0) is 17.8. The molecule has 0 unspecified atom stereocenters. The van der Waals surface area contributed by atoms with Gasteiger partial charge < -0.3 is 9.80 Å². The van der Waals surface area contributed by atoms with Gasteiger partial charge in [0, 0.05) is 33.1 Å². The molecule has 1 saturated heterocycles. The van der Waals surface area contributed by atoms with E-state index in [1.807, 2.05) is 0 Å². The van der Waals surface area contributed by atoms with Crippen molar-refractivity contribution in [1.29, 1.82) is 0 Å². The first-order chi connectivity index (χ1) is 12.1. The molecule has 0 spiro atoms. The minimum Gasteiger partial charge on any atom is -0.344 e. The largest absolute Gasteiger partial charge is 0.344 e. The zero-order valence-corrected chi connectivity index (χ0v) is 14.7. The van der Waals surface area contributed by atoms with Crippen LogP contribution in [0.25, 0.3) is 0 Å². The second-order valence-electron chi connectivity index (χ2n) is 6.78. The third-order valence-electron chi connectivity index (χ3n) is 5.05. The normalized spacial score (nSPS) is 17.7. The molecule has 6 nitrogen and oxygen atoms in total. The van der Waals surface area contributed by atoms with E-state index in [1.54, 1.807) is 36.2 Å². The summed E-state index contributed by atoms with van der Waals surface area (Å²) in [6, 6.07) is 6.80. The molecule has 1 aromatic rings. The maximum Gasteiger partial charge on any atom is 0.261 e. The fraction of sp³-hybridized carbons (Fsp3) is 0.526. The molecule has 2 heterocycles. The molecule has 25 heavy (non-hydrogen) atoms. The molecule has 2 aliphatic heterocycles. The summed E-state index contributed by atoms with van der Waals surface area (Å²) in [5.41, 5.74) is 0.858. The van der Waals surface area contributed by atoms with Crippen molar-refractivity contribution in [2.24, 2.45) is 0 Å². The van der Waals surface area contributed by atoms with Crippen LogP contribution in [0.3, 0.4) is 0 Å². The number of fused-ring (bicyclic) bond motifs is 1. The molecule has 3 amide bonds. The maximum atomic E-state index is 12.3. The lowest BCUT2D eigenvalue weighted by Crippen LogP contribution is -2.40. The second-order valence-corrected chi connectivity index (χ2v) is 6.78. The highest BCUT2D eigenvalue weighted by molar-refractivity contribution is 6.21. The average Bonchev–Trinajstić information content (AvgIpc) is 2.89. The van der Waals surface area contributed by atoms with E-state index in [9.17, 15) is 14.4 Å². The van der Waals surface area contributed by atoms with Crippen LogP contribution in [-0.4, -0.2) is 72.2 Å². The van der Waals surface area contributed by atoms with E-state index in [0.717, 1.165) is 19.6 Å². The van der Waals surface area contributed by atoms with Crippen LogP contribution in [0.5, 0.6) is 0 Å². The Morgan fingerprint density at radius 2 is 1.60 bits per heavy atom. The van der Waals surface area contributed by atoms with Crippen molar-refractivity contribution < 1.29 is 14.4 Å². The number of benzene rings is 1. The van der Waals surface area contributed by atoms with Crippen molar-refractivity contribution in [2.75, 3.05) is 39.8 Å². The number of hydrogen-bond donors (Lipinski definition) is 0. The number of piperidine rings is 1. The molecular weight excluding hydrogens is 318 g/mol. The lowest BCUT2D eigenvalue weighted by molar-refractivity contribution is -0.130. The summed E-state index contributed by atoms with van der Waals surface area (Å²) in [7, 11) is 1.79. The molecule has 3 rings (SSSR count). The average molecular weight is 343 g/mol. The first-order valence-corrected chi connectivity index (χ1v) is 8.99. The Hall–Kier alpha value is -2.21. The van der Waals surface area contributed by atoms with E-state index in [-0.39, 0.29) is 30.7 Å². The standard InChI is InChI=1S/C19H25N3O3/c1-20(13-14-21-10-5-2-6-11-21)17(23)9-12-22-18(24)15-7-3-4-8-16(15)19(22)25/h3-4,7-8H,2,5-6,9-14H2,1H3. The minimum atomic E-state index is -0.302. The van der Waals surface area contributed by atoms with Crippen molar-refractivity contribution in [2.45, 2.75) is 25.7 Å². The van der Waals surface area contributed by atoms with Crippen molar-refractivity contribution in [3.8, 4) is 0 Å². The predicted octanol–water partition coefficient (Wildman–Crippen LogP) is 1.62. The van der Waals surface area contributed by atoms with Gasteiger partial charge in [-0.3, -0.25) is 19.3 Å². The van der Waals surface area contributed by atoms with Gasteiger partial charge in [0.25, 0.3) is 11.8 Å². The third-order valence-corrected chi connectivity index (χ3v) is 5.05. The van der Waals surface area contributed by atoms with Crippen LogP contribution in [0.15, 0.2) is 24.3 Å². The minimum absolute atomic E-state index is 0.0337. The van der Waals surface area contributed by atoms with Crippen LogP contribution < -0.4 is 0 Å². The summed E-state index contributed by atoms with van der Waals surface area (Å²) in [6.07, 6.45) is 3.93. The van der Waals surface area contributed by atoms with Crippen molar-refractivity contribution in [3.63, 3.8) is 0 Å². The molecule has 0 aliphatic carbocycles. The lowest BCUT2D eigenvalue weighted by Gasteiger charge is -2.28. The third kappa shape index (κ3) is 3.90. The molecular formula is C19H25N3O3. The van der Waals surface area contributed by atoms with Crippen molar-refractivity contribution in [3.05, 3.63) is 35.4 Å². The summed E-state index contributed by atoms with van der Waals surface area (Å²) in [5.74, 6) is -0.637. The van der Waals surface area contributed by atoms with Gasteiger partial charge >= 0.3 is 0 Å². The molecule has 0 atom stereocenters. The molecule has 0 aromatic heterocycles. The van der Waals surface area contributed by atoms with Gasteiger partial charge in [-0.1, -0.05) is 18.6 Å². The predicted molar refractivity (Wildman–Crippen MR) is 94.4 cm³/mol. The lowest BCUT2D eigenvalue weighted by atomic mass is 10.1. The van der Waals surface area contributed by atoms with Gasteiger partial charge in [-0.25, -0.2) is 0 Å². The number of hydrogen-bond acceptors (Lipinski definition) is 4. The van der Waals surface area contributed by atoms with Crippen LogP contribution in [-0.2, 0) is 4.79 Å². The van der Waals surface area contributed by atoms with E-state index in [1.165, 1.54) is 24.2 Å². The van der Waals surface area contributed by atoms with Gasteiger partial charge in [-0.2, -0.15) is 0 Å². The summed E-state index contributed by atoms with van der Waals surface area (Å²) in [5, 5.41) is 0. The molecule has 1 fully saturated rings. The number of carbonyl (C=O) groups is 3. The van der Waals surface area contributed by atoms with Gasteiger partial charge in [0.2, 0.25) is 5.91 Å². The first-order valence-electron chi connectivity index (χ1n) is 8.99. The molecule has 134 valence electrons. The van der Waals surface area contributed by atoms with Crippen molar-refractivity contribution in [1.82, 2.24) is 14.7 Å². The van der Waals surface area contributed by atoms with E-state index in [2.05, 4.69) is 4.90 Å². The van der Waals surface area contributed by atoms with Gasteiger partial charge in [-0.15, -0.1) is 0 Å². The molecule has 6 heteroatoms. The fourth-order valence-electron chi connectivity index (χ4n) is 3.44. The fourth-order valence-corrected chi connectivity index (χ4v) is 3.44. The molecule has 1 aromatic carbocycles. The van der Waals surface area contributed by atoms with Crippen LogP contribution in [0.1, 0.15) is 46.4 Å². The Kier molecular flexibility index (Phi) is 5.48. The van der Waals surface area contributed by atoms with Crippen LogP contribution in [0, 0.1) is 0 Å². The Balaban J connectivity index is 1.47. The SMILES string of the molecule is CN(CCN1CCCCC1)C(=O)CCN1C(=O)c2ccccc2C1=O. The van der Waals surface area contributed by atoms with Crippen LogP contribution >= 0.6 is 0 Å². The van der Waals surface area contributed by atoms with Gasteiger partial charge in [0.1, 0.15) is 0 Å². The summed E-state index contributed by atoms with van der Waals surface area (Å²) in [4.78, 5) is 42.2. The Morgan fingerprint density at radius 1 is 1.00 bits per heavy atom. The van der Waals surface area contributed by atoms with Gasteiger partial charge in [0.05, 0.1) is 11.1 Å². The van der Waals surface area contributed by atoms with Crippen LogP contribution in [0.2, 0.25) is 0 Å². The van der Waals surface area contributed by atoms with Crippen molar-refractivity contribution >= 4 is 17.7 Å². The molecule has 0 bridgehead atoms. The highest BCUT2D eigenvalue weighted by Crippen LogP contribution is 2.22. The molecule has 0 radical (unpaired) electrons. The van der Waals surface area contributed by atoms with E-state index < -0.39 is 0 Å². The Bertz CT molecular complexity index is 633. The number of imide groups is 1. The Morgan fingerprint density at radius 3 is 2.20 bits per heavy atom. The maximum absolute atomic E-state index is 12.3. The summed E-state index contributed by atoms with van der Waals surface area (Å²) < 4.78 is 0. The van der Waals surface area contributed by atoms with Gasteiger partial charge in [0.15, 0.2) is 0 Å². The van der Waals surface area contributed by atoms with E-state index >= 15 is 0 Å². The topological polar surface area (TPSA) is 60.9 Å². The van der Waals surface area contributed by atoms with E-state index in [0.29, 0.717) is 17.7 Å². The number of likely N-dealkylation sites (tertiary alicyclic amines) is 1. The first kappa shape index (κ1) is 17.6. The number of likely N-dealkylation sites (N-methyl/N-ethyl adjacent to an activating group) is 1. The number of amides is 3. The zero-order valence-electron chi connectivity index (χ0n) is 14.7. The Labute approximate surface area is 148 Å². The molecule has 2 aliphatic rings. The molecule has 0 N–H and O–H groups in total. The highest BCUT2D eigenvalue weighted by atomic mass is 16.2. The summed E-state index contributed by atoms with van der Waals surface area (Å²) >= 11 is 0.